The van der Waals surface area contributed by atoms with Crippen LogP contribution in [0.5, 0.6) is 0 Å². The van der Waals surface area contributed by atoms with Crippen LogP contribution in [0.4, 0.5) is 9.93 Å². The third-order valence-electron chi connectivity index (χ3n) is 7.63. The number of aliphatic hydroxyl groups excluding tert-OH is 1. The first-order valence-corrected chi connectivity index (χ1v) is 15.4. The average molecular weight is 665 g/mol. The number of aliphatic carboxylic acids is 1. The van der Waals surface area contributed by atoms with Crippen molar-refractivity contribution in [2.45, 2.75) is 43.3 Å². The topological polar surface area (TPSA) is 258 Å². The van der Waals surface area contributed by atoms with E-state index >= 15 is 0 Å². The lowest BCUT2D eigenvalue weighted by atomic mass is 10.0. The van der Waals surface area contributed by atoms with Crippen molar-refractivity contribution in [3.63, 3.8) is 0 Å². The van der Waals surface area contributed by atoms with Crippen molar-refractivity contribution >= 4 is 69.7 Å². The maximum Gasteiger partial charge on any atom is 0.410 e. The summed E-state index contributed by atoms with van der Waals surface area (Å²) in [6.45, 7) is 1.55. The Morgan fingerprint density at radius 2 is 2.02 bits per heavy atom. The summed E-state index contributed by atoms with van der Waals surface area (Å²) in [5.41, 5.74) is 5.25. The van der Waals surface area contributed by atoms with Gasteiger partial charge in [0.2, 0.25) is 17.4 Å². The molecule has 6 N–H and O–H groups in total. The van der Waals surface area contributed by atoms with Crippen LogP contribution in [0.15, 0.2) is 28.1 Å². The molecule has 0 saturated carbocycles. The summed E-state index contributed by atoms with van der Waals surface area (Å²) < 4.78 is 8.77. The van der Waals surface area contributed by atoms with Gasteiger partial charge < -0.3 is 41.0 Å². The third kappa shape index (κ3) is 6.20. The first-order chi connectivity index (χ1) is 21.4. The van der Waals surface area contributed by atoms with E-state index in [1.165, 1.54) is 29.7 Å². The first-order valence-electron chi connectivity index (χ1n) is 13.6. The van der Waals surface area contributed by atoms with Crippen LogP contribution in [0, 0.1) is 0 Å². The van der Waals surface area contributed by atoms with Crippen molar-refractivity contribution in [1.82, 2.24) is 29.4 Å². The molecule has 4 atom stereocenters. The van der Waals surface area contributed by atoms with Gasteiger partial charge in [0.15, 0.2) is 17.5 Å². The zero-order valence-corrected chi connectivity index (χ0v) is 25.2. The predicted octanol–water partition coefficient (Wildman–Crippen LogP) is -1.64. The van der Waals surface area contributed by atoms with Crippen LogP contribution in [0.2, 0.25) is 0 Å². The number of allylic oxidation sites excluding steroid dienone is 1. The van der Waals surface area contributed by atoms with E-state index in [2.05, 4.69) is 19.8 Å². The molecular formula is C25H28N8O10S2. The standard InChI is InChI=1S/C25H28N8O10S2/c1-10(34)14(35)8-43-25(41)31-4-3-13(7-31)32-5-2-11(20(32)37)6-12-9-44-22-16(21(38)33(22)17(12)23(39)40)27-19(36)15(29-42)18-28-24(26)45-30-18/h6,10,13,16,22,34,42H,2-5,7-9H2,1H3,(H,27,36)(H,39,40)(H2,26,28,30)/b11-6?,29-15-/t10?,13-,16-,22-/m1/s1. The number of nitrogens with zero attached hydrogens (tertiary/aromatic N) is 6. The number of carboxylic acids is 1. The molecule has 5 rings (SSSR count). The van der Waals surface area contributed by atoms with Crippen molar-refractivity contribution in [2.24, 2.45) is 5.16 Å². The number of β-lactam (4-membered cyclic amide) rings is 1. The molecule has 3 saturated heterocycles. The number of oxime groups is 1. The van der Waals surface area contributed by atoms with Gasteiger partial charge in [-0.3, -0.25) is 24.1 Å². The van der Waals surface area contributed by atoms with Crippen molar-refractivity contribution in [1.29, 1.82) is 0 Å². The van der Waals surface area contributed by atoms with Gasteiger partial charge in [0.25, 0.3) is 11.8 Å². The summed E-state index contributed by atoms with van der Waals surface area (Å²) >= 11 is 1.96. The van der Waals surface area contributed by atoms with Crippen LogP contribution < -0.4 is 11.1 Å². The normalized spacial score (nSPS) is 24.9. The van der Waals surface area contributed by atoms with Crippen molar-refractivity contribution in [2.75, 3.05) is 37.7 Å². The summed E-state index contributed by atoms with van der Waals surface area (Å²) in [6, 6.07) is -1.43. The van der Waals surface area contributed by atoms with E-state index in [0.29, 0.717) is 31.5 Å². The van der Waals surface area contributed by atoms with E-state index in [0.717, 1.165) is 16.4 Å². The second-order valence-corrected chi connectivity index (χ2v) is 12.3. The van der Waals surface area contributed by atoms with Gasteiger partial charge in [-0.05, 0) is 31.4 Å². The van der Waals surface area contributed by atoms with Crippen LogP contribution >= 0.6 is 23.3 Å². The number of hydrogen-bond acceptors (Lipinski definition) is 15. The highest BCUT2D eigenvalue weighted by molar-refractivity contribution is 8.00. The average Bonchev–Trinajstić information content (AvgIpc) is 3.75. The Morgan fingerprint density at radius 1 is 1.27 bits per heavy atom. The lowest BCUT2D eigenvalue weighted by molar-refractivity contribution is -0.150. The zero-order valence-electron chi connectivity index (χ0n) is 23.6. The maximum atomic E-state index is 13.3. The summed E-state index contributed by atoms with van der Waals surface area (Å²) in [7, 11) is 0. The molecule has 1 aromatic heterocycles. The van der Waals surface area contributed by atoms with E-state index in [1.54, 1.807) is 4.90 Å². The van der Waals surface area contributed by atoms with E-state index in [4.69, 9.17) is 10.5 Å². The summed E-state index contributed by atoms with van der Waals surface area (Å²) in [5, 5.41) is 33.2. The number of nitrogen functional groups attached to an aromatic ring is 1. The number of amides is 4. The molecule has 1 unspecified atom stereocenters. The first kappa shape index (κ1) is 31.9. The molecular weight excluding hydrogens is 636 g/mol. The van der Waals surface area contributed by atoms with E-state index in [-0.39, 0.29) is 46.5 Å². The lowest BCUT2D eigenvalue weighted by Crippen LogP contribution is -2.71. The van der Waals surface area contributed by atoms with Gasteiger partial charge in [-0.1, -0.05) is 5.16 Å². The number of carbonyl (C=O) groups excluding carboxylic acids is 5. The molecule has 0 aliphatic carbocycles. The number of thioether (sulfide) groups is 1. The minimum atomic E-state index is -1.38. The van der Waals surface area contributed by atoms with E-state index < -0.39 is 59.5 Å². The smallest absolute Gasteiger partial charge is 0.410 e. The van der Waals surface area contributed by atoms with Gasteiger partial charge in [0.1, 0.15) is 23.2 Å². The summed E-state index contributed by atoms with van der Waals surface area (Å²) in [6.07, 6.45) is 0.292. The number of nitrogens with one attached hydrogen (secondary N) is 1. The number of likely N-dealkylation sites (tertiary alicyclic amines) is 2. The van der Waals surface area contributed by atoms with Crippen molar-refractivity contribution in [3.8, 4) is 0 Å². The van der Waals surface area contributed by atoms with Crippen LogP contribution in [-0.4, -0.2) is 136 Å². The fraction of sp³-hybridized carbons (Fsp3) is 0.480. The minimum absolute atomic E-state index is 0.0307. The summed E-state index contributed by atoms with van der Waals surface area (Å²) in [4.78, 5) is 83.1. The molecule has 0 spiro atoms. The van der Waals surface area contributed by atoms with Gasteiger partial charge >= 0.3 is 12.1 Å². The fourth-order valence-corrected chi connectivity index (χ4v) is 7.06. The molecule has 0 aromatic carbocycles. The second kappa shape index (κ2) is 12.8. The zero-order chi connectivity index (χ0) is 32.6. The van der Waals surface area contributed by atoms with Crippen molar-refractivity contribution < 1.29 is 48.9 Å². The van der Waals surface area contributed by atoms with Crippen LogP contribution in [0.25, 0.3) is 0 Å². The number of nitrogens with two attached hydrogens (primary N) is 1. The number of anilines is 1. The number of carboxylic acid groups (broad SMARTS) is 1. The molecule has 3 fully saturated rings. The Balaban J connectivity index is 1.24. The Morgan fingerprint density at radius 3 is 2.67 bits per heavy atom. The summed E-state index contributed by atoms with van der Waals surface area (Å²) in [5.74, 6) is -4.11. The third-order valence-corrected chi connectivity index (χ3v) is 9.47. The highest BCUT2D eigenvalue weighted by Crippen LogP contribution is 2.41. The highest BCUT2D eigenvalue weighted by Gasteiger charge is 2.54. The molecule has 20 heteroatoms. The molecule has 1 aromatic rings. The molecule has 4 aliphatic rings. The Kier molecular flexibility index (Phi) is 9.07. The molecule has 240 valence electrons. The SMILES string of the molecule is CC(O)C(=O)COC(=O)N1CC[C@@H](N2CCC(=CC3=C(C(=O)O)N4C(=O)[C@@H](NC(=O)/C(=N\O)c5nsc(N)n5)[C@H]4SC3)C2=O)C1. The van der Waals surface area contributed by atoms with Crippen LogP contribution in [-0.2, 0) is 28.7 Å². The molecule has 0 bridgehead atoms. The minimum Gasteiger partial charge on any atom is -0.477 e. The predicted molar refractivity (Wildman–Crippen MR) is 155 cm³/mol. The number of ketones is 1. The molecule has 5 heterocycles. The quantitative estimate of drug-likeness (QED) is 0.0652. The number of aromatic nitrogens is 2. The molecule has 18 nitrogen and oxygen atoms in total. The number of ether oxygens (including phenoxy) is 1. The molecule has 45 heavy (non-hydrogen) atoms. The van der Waals surface area contributed by atoms with Crippen LogP contribution in [0.3, 0.4) is 0 Å². The Labute approximate surface area is 262 Å². The Hall–Kier alpha value is -4.56. The molecule has 0 radical (unpaired) electrons. The van der Waals surface area contributed by atoms with Gasteiger partial charge in [0.05, 0.1) is 6.04 Å². The number of Topliss-reactive ketones (excluding diaryl/α,β-unsaturated/α-hetero) is 1. The Bertz CT molecular complexity index is 1560. The number of hydrogen-bond donors (Lipinski definition) is 5. The van der Waals surface area contributed by atoms with E-state index in [1.807, 2.05) is 0 Å². The van der Waals surface area contributed by atoms with E-state index in [9.17, 15) is 44.2 Å². The highest BCUT2D eigenvalue weighted by atomic mass is 32.2. The largest absolute Gasteiger partial charge is 0.477 e. The number of carbonyl (C=O) groups is 6. The van der Waals surface area contributed by atoms with Gasteiger partial charge in [0, 0.05) is 42.5 Å². The van der Waals surface area contributed by atoms with Gasteiger partial charge in [-0.25, -0.2) is 9.59 Å². The lowest BCUT2D eigenvalue weighted by Gasteiger charge is -2.49. The van der Waals surface area contributed by atoms with Gasteiger partial charge in [-0.2, -0.15) is 9.36 Å². The van der Waals surface area contributed by atoms with Crippen LogP contribution in [0.1, 0.15) is 25.6 Å². The second-order valence-electron chi connectivity index (χ2n) is 10.4. The fourth-order valence-electron chi connectivity index (χ4n) is 5.32. The molecule has 4 aliphatic heterocycles. The number of aliphatic hydroxyl groups is 1. The number of fused-ring (bicyclic) bond motifs is 1. The van der Waals surface area contributed by atoms with Crippen molar-refractivity contribution in [3.05, 3.63) is 28.7 Å². The maximum absolute atomic E-state index is 13.3. The monoisotopic (exact) mass is 664 g/mol. The molecule has 4 amide bonds. The number of rotatable bonds is 9. The van der Waals surface area contributed by atoms with Gasteiger partial charge in [-0.15, -0.1) is 11.8 Å².